The zero-order valence-electron chi connectivity index (χ0n) is 27.1. The van der Waals surface area contributed by atoms with E-state index in [0.29, 0.717) is 11.3 Å². The van der Waals surface area contributed by atoms with E-state index in [1.54, 1.807) is 24.3 Å². The summed E-state index contributed by atoms with van der Waals surface area (Å²) in [7, 11) is -1.47. The smallest absolute Gasteiger partial charge is 0.264 e. The molecule has 0 unspecified atom stereocenters. The third kappa shape index (κ3) is 9.10. The SMILES string of the molecule is COc1ccc(S(=O)(=O)N(CC(=O)N(Cc2ccc(F)cc2)[C@@H](Cc2ccccc2)C(=O)NC(C)(C)C)c2ccccc2OC)cc1. The van der Waals surface area contributed by atoms with Crippen LogP contribution in [-0.2, 0) is 32.6 Å². The third-order valence-corrected chi connectivity index (χ3v) is 9.09. The molecule has 1 atom stereocenters. The Hall–Kier alpha value is -4.90. The van der Waals surface area contributed by atoms with Crippen molar-refractivity contribution in [3.8, 4) is 11.5 Å². The highest BCUT2D eigenvalue weighted by atomic mass is 32.2. The average Bonchev–Trinajstić information content (AvgIpc) is 3.05. The fourth-order valence-electron chi connectivity index (χ4n) is 5.02. The minimum atomic E-state index is -4.35. The lowest BCUT2D eigenvalue weighted by Crippen LogP contribution is -2.56. The van der Waals surface area contributed by atoms with Crippen molar-refractivity contribution in [3.05, 3.63) is 120 Å². The van der Waals surface area contributed by atoms with E-state index in [0.717, 1.165) is 9.87 Å². The van der Waals surface area contributed by atoms with Crippen molar-refractivity contribution in [2.45, 2.75) is 50.2 Å². The van der Waals surface area contributed by atoms with E-state index in [2.05, 4.69) is 5.32 Å². The highest BCUT2D eigenvalue weighted by Gasteiger charge is 2.36. The molecule has 0 radical (unpaired) electrons. The number of hydrogen-bond acceptors (Lipinski definition) is 6. The molecule has 2 amide bonds. The summed E-state index contributed by atoms with van der Waals surface area (Å²) in [6.45, 7) is 4.75. The molecule has 4 rings (SSSR count). The van der Waals surface area contributed by atoms with Crippen LogP contribution in [0.25, 0.3) is 0 Å². The number of anilines is 1. The summed E-state index contributed by atoms with van der Waals surface area (Å²) in [6.07, 6.45) is 0.148. The van der Waals surface area contributed by atoms with Gasteiger partial charge in [0, 0.05) is 18.5 Å². The van der Waals surface area contributed by atoms with Gasteiger partial charge >= 0.3 is 0 Å². The quantitative estimate of drug-likeness (QED) is 0.200. The number of carbonyl (C=O) groups is 2. The van der Waals surface area contributed by atoms with Gasteiger partial charge in [-0.05, 0) is 80.4 Å². The Morgan fingerprint density at radius 1 is 0.809 bits per heavy atom. The van der Waals surface area contributed by atoms with Gasteiger partial charge in [0.1, 0.15) is 29.9 Å². The molecule has 47 heavy (non-hydrogen) atoms. The number of sulfonamides is 1. The maximum Gasteiger partial charge on any atom is 0.264 e. The molecule has 0 saturated heterocycles. The van der Waals surface area contributed by atoms with E-state index >= 15 is 0 Å². The fourth-order valence-corrected chi connectivity index (χ4v) is 6.44. The predicted molar refractivity (Wildman–Crippen MR) is 179 cm³/mol. The Labute approximate surface area is 276 Å². The number of benzene rings is 4. The van der Waals surface area contributed by atoms with E-state index in [1.807, 2.05) is 51.1 Å². The molecule has 0 fully saturated rings. The number of nitrogens with one attached hydrogen (secondary N) is 1. The number of ether oxygens (including phenoxy) is 2. The molecule has 0 aliphatic rings. The number of carbonyl (C=O) groups excluding carboxylic acids is 2. The normalized spacial score (nSPS) is 12.1. The van der Waals surface area contributed by atoms with Crippen molar-refractivity contribution in [3.63, 3.8) is 0 Å². The van der Waals surface area contributed by atoms with Gasteiger partial charge in [-0.25, -0.2) is 12.8 Å². The second kappa shape index (κ2) is 15.1. The van der Waals surface area contributed by atoms with Gasteiger partial charge in [0.05, 0.1) is 24.8 Å². The van der Waals surface area contributed by atoms with E-state index in [-0.39, 0.29) is 29.3 Å². The molecule has 0 aromatic heterocycles. The lowest BCUT2D eigenvalue weighted by Gasteiger charge is -2.35. The minimum Gasteiger partial charge on any atom is -0.497 e. The molecule has 0 aliphatic heterocycles. The highest BCUT2D eigenvalue weighted by Crippen LogP contribution is 2.33. The fraction of sp³-hybridized carbons (Fsp3) is 0.278. The average molecular weight is 662 g/mol. The Balaban J connectivity index is 1.84. The first-order valence-electron chi connectivity index (χ1n) is 15.0. The Kier molecular flexibility index (Phi) is 11.3. The van der Waals surface area contributed by atoms with Gasteiger partial charge in [0.15, 0.2) is 0 Å². The monoisotopic (exact) mass is 661 g/mol. The summed E-state index contributed by atoms with van der Waals surface area (Å²) in [6, 6.07) is 26.1. The van der Waals surface area contributed by atoms with Crippen LogP contribution in [0.1, 0.15) is 31.9 Å². The number of hydrogen-bond donors (Lipinski definition) is 1. The molecule has 9 nitrogen and oxygen atoms in total. The van der Waals surface area contributed by atoms with Crippen LogP contribution in [0.15, 0.2) is 108 Å². The van der Waals surface area contributed by atoms with Gasteiger partial charge in [-0.1, -0.05) is 54.6 Å². The van der Waals surface area contributed by atoms with Gasteiger partial charge < -0.3 is 19.7 Å². The summed E-state index contributed by atoms with van der Waals surface area (Å²) < 4.78 is 54.1. The van der Waals surface area contributed by atoms with Gasteiger partial charge in [0.25, 0.3) is 10.0 Å². The van der Waals surface area contributed by atoms with Crippen molar-refractivity contribution in [1.29, 1.82) is 0 Å². The van der Waals surface area contributed by atoms with E-state index in [4.69, 9.17) is 9.47 Å². The first kappa shape index (κ1) is 35.0. The number of halogens is 1. The molecule has 0 aliphatic carbocycles. The topological polar surface area (TPSA) is 105 Å². The molecular formula is C36H40FN3O6S. The zero-order chi connectivity index (χ0) is 34.2. The summed E-state index contributed by atoms with van der Waals surface area (Å²) in [5.41, 5.74) is 0.867. The van der Waals surface area contributed by atoms with Crippen LogP contribution in [0.2, 0.25) is 0 Å². The first-order valence-corrected chi connectivity index (χ1v) is 16.5. The van der Waals surface area contributed by atoms with Gasteiger partial charge in [-0.15, -0.1) is 0 Å². The predicted octanol–water partition coefficient (Wildman–Crippen LogP) is 5.59. The van der Waals surface area contributed by atoms with Crippen LogP contribution >= 0.6 is 0 Å². The lowest BCUT2D eigenvalue weighted by atomic mass is 10.0. The van der Waals surface area contributed by atoms with E-state index in [1.165, 1.54) is 67.7 Å². The Bertz CT molecular complexity index is 1760. The molecule has 248 valence electrons. The number of amides is 2. The molecule has 4 aromatic rings. The van der Waals surface area contributed by atoms with Crippen molar-refractivity contribution in [1.82, 2.24) is 10.2 Å². The highest BCUT2D eigenvalue weighted by molar-refractivity contribution is 7.92. The second-order valence-corrected chi connectivity index (χ2v) is 13.8. The summed E-state index contributed by atoms with van der Waals surface area (Å²) >= 11 is 0. The van der Waals surface area contributed by atoms with Crippen LogP contribution in [-0.4, -0.2) is 57.5 Å². The van der Waals surface area contributed by atoms with Crippen LogP contribution in [0.3, 0.4) is 0 Å². The molecule has 0 saturated carbocycles. The second-order valence-electron chi connectivity index (χ2n) is 12.0. The number of rotatable bonds is 13. The summed E-state index contributed by atoms with van der Waals surface area (Å²) in [4.78, 5) is 29.8. The van der Waals surface area contributed by atoms with Crippen LogP contribution in [0.4, 0.5) is 10.1 Å². The number of para-hydroxylation sites is 2. The maximum atomic E-state index is 14.6. The summed E-state index contributed by atoms with van der Waals surface area (Å²) in [5, 5.41) is 2.98. The van der Waals surface area contributed by atoms with Crippen LogP contribution in [0.5, 0.6) is 11.5 Å². The third-order valence-electron chi connectivity index (χ3n) is 7.32. The van der Waals surface area contributed by atoms with Crippen molar-refractivity contribution < 1.29 is 31.9 Å². The Morgan fingerprint density at radius 2 is 1.43 bits per heavy atom. The summed E-state index contributed by atoms with van der Waals surface area (Å²) in [5.74, 6) is -0.830. The van der Waals surface area contributed by atoms with Crippen LogP contribution < -0.4 is 19.1 Å². The standard InChI is InChI=1S/C36H40FN3O6S/c1-36(2,3)38-35(42)32(23-26-11-7-6-8-12-26)39(24-27-15-17-28(37)18-16-27)34(41)25-40(31-13-9-10-14-33(31)46-5)47(43,44)30-21-19-29(45-4)20-22-30/h6-22,32H,23-25H2,1-5H3,(H,38,42)/t32-/m0/s1. The molecule has 4 aromatic carbocycles. The molecule has 0 bridgehead atoms. The Morgan fingerprint density at radius 3 is 2.02 bits per heavy atom. The van der Waals surface area contributed by atoms with Gasteiger partial charge in [0.2, 0.25) is 11.8 Å². The van der Waals surface area contributed by atoms with Gasteiger partial charge in [-0.3, -0.25) is 13.9 Å². The van der Waals surface area contributed by atoms with Crippen molar-refractivity contribution in [2.24, 2.45) is 0 Å². The molecule has 11 heteroatoms. The van der Waals surface area contributed by atoms with Crippen LogP contribution in [0, 0.1) is 5.82 Å². The zero-order valence-corrected chi connectivity index (χ0v) is 28.0. The molecule has 0 spiro atoms. The number of nitrogens with zero attached hydrogens (tertiary/aromatic N) is 2. The van der Waals surface area contributed by atoms with Crippen molar-refractivity contribution in [2.75, 3.05) is 25.1 Å². The first-order chi connectivity index (χ1) is 22.3. The minimum absolute atomic E-state index is 0.0756. The van der Waals surface area contributed by atoms with Crippen molar-refractivity contribution >= 4 is 27.5 Å². The molecule has 1 N–H and O–H groups in total. The van der Waals surface area contributed by atoms with Gasteiger partial charge in [-0.2, -0.15) is 0 Å². The lowest BCUT2D eigenvalue weighted by molar-refractivity contribution is -0.140. The molecular weight excluding hydrogens is 621 g/mol. The van der Waals surface area contributed by atoms with E-state index < -0.39 is 45.8 Å². The molecule has 0 heterocycles. The maximum absolute atomic E-state index is 14.6. The number of methoxy groups -OCH3 is 2. The largest absolute Gasteiger partial charge is 0.497 e. The van der Waals surface area contributed by atoms with E-state index in [9.17, 15) is 22.4 Å².